The summed E-state index contributed by atoms with van der Waals surface area (Å²) in [5.41, 5.74) is 1.72. The van der Waals surface area contributed by atoms with Crippen molar-refractivity contribution in [2.24, 2.45) is 4.99 Å². The first-order valence-corrected chi connectivity index (χ1v) is 8.59. The molecule has 1 N–H and O–H groups in total. The van der Waals surface area contributed by atoms with E-state index in [0.717, 1.165) is 31.2 Å². The number of benzene rings is 1. The summed E-state index contributed by atoms with van der Waals surface area (Å²) in [5, 5.41) is 22.9. The Hall–Kier alpha value is -3.08. The summed E-state index contributed by atoms with van der Waals surface area (Å²) < 4.78 is 1.96. The summed E-state index contributed by atoms with van der Waals surface area (Å²) in [4.78, 5) is 17.2. The number of aromatic nitrogens is 2. The van der Waals surface area contributed by atoms with Gasteiger partial charge in [0.05, 0.1) is 30.0 Å². The number of aromatic hydroxyl groups is 1. The van der Waals surface area contributed by atoms with Gasteiger partial charge in [-0.25, -0.2) is 10.3 Å². The predicted molar refractivity (Wildman–Crippen MR) is 102 cm³/mol. The minimum absolute atomic E-state index is 0.0341. The smallest absolute Gasteiger partial charge is 0.268 e. The summed E-state index contributed by atoms with van der Waals surface area (Å²) >= 11 is 0. The lowest BCUT2D eigenvalue weighted by Gasteiger charge is -2.23. The molecule has 1 aliphatic rings. The second-order valence-electron chi connectivity index (χ2n) is 6.53. The van der Waals surface area contributed by atoms with Crippen LogP contribution in [0, 0.1) is 11.2 Å². The molecule has 0 atom stereocenters. The zero-order chi connectivity index (χ0) is 18.5. The molecule has 7 nitrogen and oxygen atoms in total. The maximum Gasteiger partial charge on any atom is 0.268 e. The Morgan fingerprint density at radius 3 is 2.92 bits per heavy atom. The van der Waals surface area contributed by atoms with Gasteiger partial charge in [-0.1, -0.05) is 12.6 Å². The van der Waals surface area contributed by atoms with E-state index in [2.05, 4.69) is 16.1 Å². The Morgan fingerprint density at radius 1 is 1.46 bits per heavy atom. The highest BCUT2D eigenvalue weighted by molar-refractivity contribution is 6.67. The van der Waals surface area contributed by atoms with Crippen LogP contribution in [-0.2, 0) is 0 Å². The lowest BCUT2D eigenvalue weighted by Crippen LogP contribution is -2.22. The maximum absolute atomic E-state index is 11.1. The molecule has 1 fully saturated rings. The minimum Gasteiger partial charge on any atom is -0.508 e. The molecule has 0 amide bonds. The number of aldehydes is 1. The molecule has 8 heteroatoms. The molecule has 1 saturated heterocycles. The fourth-order valence-corrected chi connectivity index (χ4v) is 3.15. The van der Waals surface area contributed by atoms with Crippen molar-refractivity contribution in [3.8, 4) is 11.7 Å². The third kappa shape index (κ3) is 3.94. The van der Waals surface area contributed by atoms with Gasteiger partial charge in [-0.15, -0.1) is 0 Å². The number of hydrogen-bond acceptors (Lipinski definition) is 5. The number of nitriles is 1. The van der Waals surface area contributed by atoms with Crippen molar-refractivity contribution >= 4 is 30.7 Å². The topological polar surface area (TPSA) is 94.5 Å². The Kier molecular flexibility index (Phi) is 5.37. The van der Waals surface area contributed by atoms with Crippen LogP contribution in [0.2, 0.25) is 12.6 Å². The summed E-state index contributed by atoms with van der Waals surface area (Å²) in [7, 11) is 1.86. The largest absolute Gasteiger partial charge is 0.508 e. The molecule has 0 unspecified atom stereocenters. The van der Waals surface area contributed by atoms with E-state index in [0.29, 0.717) is 23.6 Å². The third-order valence-electron chi connectivity index (χ3n) is 4.76. The van der Waals surface area contributed by atoms with Crippen LogP contribution in [0.25, 0.3) is 0 Å². The molecular formula is C18H20BN5O2. The standard InChI is InChI=1S/C18H20BN5O2/c1-23(13-21-18-3-2-17(26)8-14(18)11-25)16-9-22-24(10-16)15-4-6-19(12-20)7-5-15/h2-3,8-11,13,15,26H,4-7H2,1H3/b21-13-. The van der Waals surface area contributed by atoms with E-state index in [9.17, 15) is 9.90 Å². The molecule has 0 bridgehead atoms. The number of carbonyl (C=O) groups excluding carboxylic acids is 1. The second kappa shape index (κ2) is 7.87. The van der Waals surface area contributed by atoms with E-state index >= 15 is 0 Å². The van der Waals surface area contributed by atoms with Gasteiger partial charge in [-0.05, 0) is 31.0 Å². The van der Waals surface area contributed by atoms with Gasteiger partial charge in [0.15, 0.2) is 6.29 Å². The molecule has 132 valence electrons. The van der Waals surface area contributed by atoms with Crippen molar-refractivity contribution in [1.29, 1.82) is 5.26 Å². The zero-order valence-electron chi connectivity index (χ0n) is 14.6. The molecule has 1 aromatic heterocycles. The predicted octanol–water partition coefficient (Wildman–Crippen LogP) is 3.09. The van der Waals surface area contributed by atoms with Crippen LogP contribution in [0.5, 0.6) is 5.75 Å². The summed E-state index contributed by atoms with van der Waals surface area (Å²) in [5.74, 6) is 2.38. The van der Waals surface area contributed by atoms with E-state index in [1.54, 1.807) is 18.6 Å². The van der Waals surface area contributed by atoms with Gasteiger partial charge in [0.2, 0.25) is 0 Å². The van der Waals surface area contributed by atoms with E-state index in [-0.39, 0.29) is 12.5 Å². The highest BCUT2D eigenvalue weighted by Gasteiger charge is 2.25. The minimum atomic E-state index is 0.0341. The highest BCUT2D eigenvalue weighted by atomic mass is 16.3. The fourth-order valence-electron chi connectivity index (χ4n) is 3.15. The van der Waals surface area contributed by atoms with Gasteiger partial charge in [-0.2, -0.15) is 5.10 Å². The van der Waals surface area contributed by atoms with Crippen molar-refractivity contribution in [2.75, 3.05) is 11.9 Å². The lowest BCUT2D eigenvalue weighted by atomic mass is 9.42. The normalized spacial score (nSPS) is 15.2. The molecule has 1 aromatic carbocycles. The van der Waals surface area contributed by atoms with Crippen molar-refractivity contribution in [3.63, 3.8) is 0 Å². The highest BCUT2D eigenvalue weighted by Crippen LogP contribution is 2.29. The van der Waals surface area contributed by atoms with Crippen LogP contribution in [0.15, 0.2) is 35.6 Å². The number of aliphatic imine (C=N–C) groups is 1. The first-order chi connectivity index (χ1) is 12.6. The van der Waals surface area contributed by atoms with Crippen LogP contribution >= 0.6 is 0 Å². The van der Waals surface area contributed by atoms with Crippen molar-refractivity contribution in [2.45, 2.75) is 31.5 Å². The number of phenols is 1. The Labute approximate surface area is 152 Å². The maximum atomic E-state index is 11.1. The van der Waals surface area contributed by atoms with Gasteiger partial charge in [-0.3, -0.25) is 9.48 Å². The Balaban J connectivity index is 1.68. The molecule has 2 heterocycles. The number of anilines is 1. The molecule has 0 radical (unpaired) electrons. The molecule has 3 rings (SSSR count). The van der Waals surface area contributed by atoms with Crippen LogP contribution in [0.4, 0.5) is 11.4 Å². The van der Waals surface area contributed by atoms with Gasteiger partial charge in [0.25, 0.3) is 6.71 Å². The van der Waals surface area contributed by atoms with E-state index < -0.39 is 0 Å². The number of rotatable bonds is 5. The number of carbonyl (C=O) groups is 1. The van der Waals surface area contributed by atoms with Crippen LogP contribution in [0.3, 0.4) is 0 Å². The number of nitrogens with zero attached hydrogens (tertiary/aromatic N) is 5. The monoisotopic (exact) mass is 349 g/mol. The molecule has 0 saturated carbocycles. The molecule has 2 aromatic rings. The Morgan fingerprint density at radius 2 is 2.23 bits per heavy atom. The van der Waals surface area contributed by atoms with Crippen molar-refractivity contribution in [3.05, 3.63) is 36.2 Å². The summed E-state index contributed by atoms with van der Waals surface area (Å²) in [6.07, 6.45) is 9.81. The molecular weight excluding hydrogens is 329 g/mol. The Bertz CT molecular complexity index is 850. The zero-order valence-corrected chi connectivity index (χ0v) is 14.6. The fraction of sp³-hybridized carbons (Fsp3) is 0.333. The number of hydrogen-bond donors (Lipinski definition) is 1. The van der Waals surface area contributed by atoms with Gasteiger partial charge in [0.1, 0.15) is 5.75 Å². The molecule has 0 spiro atoms. The average Bonchev–Trinajstić information content (AvgIpc) is 3.17. The van der Waals surface area contributed by atoms with E-state index in [1.807, 2.05) is 22.8 Å². The first-order valence-electron chi connectivity index (χ1n) is 8.59. The molecule has 26 heavy (non-hydrogen) atoms. The third-order valence-corrected chi connectivity index (χ3v) is 4.76. The SMILES string of the molecule is CN(/C=N\c1ccc(O)cc1C=O)c1cnn(C2CCB(C#N)CC2)c1. The summed E-state index contributed by atoms with van der Waals surface area (Å²) in [6, 6.07) is 4.81. The number of phenolic OH excluding ortho intramolecular Hbond substituents is 1. The van der Waals surface area contributed by atoms with Crippen LogP contribution in [-0.4, -0.2) is 41.3 Å². The van der Waals surface area contributed by atoms with Crippen molar-refractivity contribution in [1.82, 2.24) is 9.78 Å². The first kappa shape index (κ1) is 17.7. The van der Waals surface area contributed by atoms with E-state index in [1.165, 1.54) is 12.1 Å². The quantitative estimate of drug-likeness (QED) is 0.387. The molecule has 1 aliphatic heterocycles. The lowest BCUT2D eigenvalue weighted by molar-refractivity contribution is 0.112. The summed E-state index contributed by atoms with van der Waals surface area (Å²) in [6.45, 7) is 0.174. The van der Waals surface area contributed by atoms with Gasteiger partial charge >= 0.3 is 0 Å². The average molecular weight is 349 g/mol. The molecule has 0 aliphatic carbocycles. The van der Waals surface area contributed by atoms with Gasteiger partial charge < -0.3 is 10.0 Å². The van der Waals surface area contributed by atoms with Crippen LogP contribution in [0.1, 0.15) is 29.2 Å². The van der Waals surface area contributed by atoms with Crippen LogP contribution < -0.4 is 4.90 Å². The van der Waals surface area contributed by atoms with E-state index in [4.69, 9.17) is 5.26 Å². The van der Waals surface area contributed by atoms with Gasteiger partial charge in [0, 0.05) is 24.8 Å². The second-order valence-corrected chi connectivity index (χ2v) is 6.53. The van der Waals surface area contributed by atoms with Crippen molar-refractivity contribution < 1.29 is 9.90 Å².